The van der Waals surface area contributed by atoms with Crippen molar-refractivity contribution in [3.63, 3.8) is 0 Å². The van der Waals surface area contributed by atoms with Gasteiger partial charge in [-0.15, -0.1) is 0 Å². The lowest BCUT2D eigenvalue weighted by Gasteiger charge is -2.21. The van der Waals surface area contributed by atoms with Gasteiger partial charge in [0.1, 0.15) is 74.4 Å². The van der Waals surface area contributed by atoms with Crippen LogP contribution in [0, 0.1) is 41.5 Å². The fourth-order valence-corrected chi connectivity index (χ4v) is 22.7. The lowest BCUT2D eigenvalue weighted by Crippen LogP contribution is -2.29. The van der Waals surface area contributed by atoms with Crippen molar-refractivity contribution in [1.29, 1.82) is 0 Å². The van der Waals surface area contributed by atoms with Crippen molar-refractivity contribution in [3.05, 3.63) is 146 Å². The zero-order valence-corrected chi connectivity index (χ0v) is 98.6. The van der Waals surface area contributed by atoms with Crippen LogP contribution in [0.1, 0.15) is 497 Å². The summed E-state index contributed by atoms with van der Waals surface area (Å²) in [4.78, 5) is 0. The third-order valence-corrected chi connectivity index (χ3v) is 33.8. The van der Waals surface area contributed by atoms with E-state index >= 15 is 0 Å². The zero-order chi connectivity index (χ0) is 106. The van der Waals surface area contributed by atoms with Gasteiger partial charge in [0.15, 0.2) is 34.5 Å². The fourth-order valence-electron chi connectivity index (χ4n) is 22.7. The molecule has 0 bridgehead atoms. The van der Waals surface area contributed by atoms with Gasteiger partial charge in [-0.25, -0.2) is 54.8 Å². The molecule has 18 heteroatoms. The zero-order valence-electron chi connectivity index (χ0n) is 98.6. The Labute approximate surface area is 915 Å². The number of fused-ring (bicyclic) bond motifs is 6. The van der Waals surface area contributed by atoms with Gasteiger partial charge >= 0.3 is 0 Å². The number of rotatable bonds is 96. The largest absolute Gasteiger partial charge is 0.490 e. The maximum Gasteiger partial charge on any atom is 0.253 e. The molecule has 6 aromatic heterocycles. The number of ether oxygens (including phenoxy) is 6. The molecule has 0 saturated heterocycles. The van der Waals surface area contributed by atoms with E-state index in [1.807, 2.05) is 0 Å². The van der Waals surface area contributed by atoms with E-state index in [0.29, 0.717) is 39.6 Å². The quantitative estimate of drug-likeness (QED) is 0.0213. The van der Waals surface area contributed by atoms with E-state index in [9.17, 15) is 0 Å². The molecule has 150 heavy (non-hydrogen) atoms. The fraction of sp³-hybridized carbons (Fsp3) is 0.727. The van der Waals surface area contributed by atoms with Crippen LogP contribution in [-0.2, 0) is 81.6 Å². The minimum atomic E-state index is 0.657. The first-order valence-corrected chi connectivity index (χ1v) is 63.0. The predicted molar refractivity (Wildman–Crippen MR) is 626 cm³/mol. The average molecular weight is 2070 g/mol. The Morgan fingerprint density at radius 3 is 0.327 bits per heavy atom. The molecule has 0 fully saturated rings. The summed E-state index contributed by atoms with van der Waals surface area (Å²) < 4.78 is 70.9. The highest BCUT2D eigenvalue weighted by Gasteiger charge is 2.24. The Morgan fingerprint density at radius 1 is 0.140 bits per heavy atom. The van der Waals surface area contributed by atoms with E-state index in [4.69, 9.17) is 28.4 Å². The third kappa shape index (κ3) is 47.6. The van der Waals surface area contributed by atoms with Crippen molar-refractivity contribution in [2.45, 2.75) is 543 Å². The van der Waals surface area contributed by atoms with Crippen LogP contribution in [0.15, 0.2) is 111 Å². The standard InChI is InChI=1S/C132H222N12O6/c1-115-133(7)91-97-139(115)85-73-61-49-37-25-13-19-31-43-55-67-79-103-145-127-109-121-122(110-128(127)146-104-80-68-56-44-32-20-14-26-38-50-62-74-86-140-98-92-134(8)116(140)2)124-112-130(148-106-82-70-58-46-34-22-16-28-40-52-64-76-88-142-100-94-136(10)118(142)4)132(150-108-84-72-60-48-36-24-18-30-42-54-66-78-90-144-102-96-138(12)120(144)6)114-126(124)125-113-131(149-107-83-71-59-47-35-23-17-29-41-53-65-77-89-143-101-95-137(11)119(143)5)129(111-123(121)125)147-105-81-69-57-45-33-21-15-27-39-51-63-75-87-141-99-93-135(9)117(141)3/h91-102,109-114H,13-90,103-108H2,1-12H3/q+6. The second-order valence-corrected chi connectivity index (χ2v) is 46.0. The van der Waals surface area contributed by atoms with E-state index in [1.54, 1.807) is 0 Å². The normalized spacial score (nSPS) is 11.8. The van der Waals surface area contributed by atoms with Gasteiger partial charge in [0.05, 0.1) is 121 Å². The Morgan fingerprint density at radius 2 is 0.233 bits per heavy atom. The average Bonchev–Trinajstić information content (AvgIpc) is 0.836. The highest BCUT2D eigenvalue weighted by Crippen LogP contribution is 2.48. The van der Waals surface area contributed by atoms with E-state index < -0.39 is 0 Å². The van der Waals surface area contributed by atoms with Gasteiger partial charge in [-0.3, -0.25) is 0 Å². The number of nitrogens with zero attached hydrogens (tertiary/aromatic N) is 12. The number of unbranched alkanes of at least 4 members (excludes halogenated alkanes) is 66. The highest BCUT2D eigenvalue weighted by molar-refractivity contribution is 6.27. The van der Waals surface area contributed by atoms with Crippen LogP contribution < -0.4 is 55.8 Å². The molecule has 0 aliphatic rings. The maximum atomic E-state index is 7.20. The van der Waals surface area contributed by atoms with Crippen LogP contribution in [0.2, 0.25) is 0 Å². The third-order valence-electron chi connectivity index (χ3n) is 33.8. The smallest absolute Gasteiger partial charge is 0.253 e. The van der Waals surface area contributed by atoms with Crippen LogP contribution in [0.4, 0.5) is 0 Å². The molecule has 0 unspecified atom stereocenters. The molecule has 0 aliphatic heterocycles. The summed E-state index contributed by atoms with van der Waals surface area (Å²) in [5.41, 5.74) is 0. The summed E-state index contributed by atoms with van der Waals surface area (Å²) in [6.07, 6.45) is 119. The van der Waals surface area contributed by atoms with Gasteiger partial charge < -0.3 is 28.4 Å². The van der Waals surface area contributed by atoms with E-state index in [0.717, 1.165) is 145 Å². The van der Waals surface area contributed by atoms with E-state index in [1.165, 1.54) is 459 Å². The van der Waals surface area contributed by atoms with Crippen LogP contribution in [-0.4, -0.2) is 67.0 Å². The summed E-state index contributed by atoms with van der Waals surface area (Å²) in [7, 11) is 12.9. The van der Waals surface area contributed by atoms with Crippen LogP contribution in [0.5, 0.6) is 34.5 Å². The maximum absolute atomic E-state index is 7.20. The van der Waals surface area contributed by atoms with E-state index in [-0.39, 0.29) is 0 Å². The van der Waals surface area contributed by atoms with Crippen LogP contribution in [0.25, 0.3) is 32.3 Å². The molecule has 0 atom stereocenters. The first kappa shape index (κ1) is 124. The number of aromatic nitrogens is 12. The highest BCUT2D eigenvalue weighted by atomic mass is 16.5. The van der Waals surface area contributed by atoms with Crippen molar-refractivity contribution >= 4 is 32.3 Å². The van der Waals surface area contributed by atoms with Gasteiger partial charge in [-0.1, -0.05) is 347 Å². The predicted octanol–water partition coefficient (Wildman–Crippen LogP) is 33.3. The van der Waals surface area contributed by atoms with Crippen molar-refractivity contribution in [3.8, 4) is 34.5 Å². The Kier molecular flexibility index (Phi) is 62.9. The number of benzene rings is 4. The first-order chi connectivity index (χ1) is 73.6. The molecule has 0 radical (unpaired) electrons. The second-order valence-electron chi connectivity index (χ2n) is 46.0. The van der Waals surface area contributed by atoms with E-state index in [2.05, 4.69) is 249 Å². The van der Waals surface area contributed by atoms with Crippen LogP contribution in [0.3, 0.4) is 0 Å². The molecule has 0 saturated carbocycles. The molecular formula is C132H222N12O6+6. The molecule has 10 rings (SSSR count). The monoisotopic (exact) mass is 2070 g/mol. The lowest BCUT2D eigenvalue weighted by atomic mass is 9.93. The minimum absolute atomic E-state index is 0.657. The molecule has 6 heterocycles. The van der Waals surface area contributed by atoms with Gasteiger partial charge in [-0.05, 0) is 184 Å². The molecule has 4 aromatic carbocycles. The molecule has 840 valence electrons. The molecular weight excluding hydrogens is 1850 g/mol. The van der Waals surface area contributed by atoms with Gasteiger partial charge in [0, 0.05) is 41.5 Å². The Balaban J connectivity index is 0.843. The van der Waals surface area contributed by atoms with Crippen molar-refractivity contribution in [2.75, 3.05) is 39.6 Å². The summed E-state index contributed by atoms with van der Waals surface area (Å²) in [5, 5.41) is 6.90. The molecule has 10 aromatic rings. The SMILES string of the molecule is Cc1n(CCCCCCCCCCCCCCOc2cc3c4cc(OCCCCCCCCCCCCCCn5cc[n+](C)c5C)c(OCCCCCCCCCCCCCCn5cc[n+](C)c5C)cc4c4cc(OCCCCCCCCCCCCCCn5cc[n+](C)c5C)c(OCCCCCCCCCCCCCCn5cc[n+](C)c5C)cc4c3cc2OCCCCCCCCCCCCCCn2cc[n+](C)c2C)cc[n+]1C. The van der Waals surface area contributed by atoms with Crippen molar-refractivity contribution in [2.24, 2.45) is 42.3 Å². The number of imidazole rings is 6. The minimum Gasteiger partial charge on any atom is -0.490 e. The number of aryl methyl sites for hydroxylation is 12. The van der Waals surface area contributed by atoms with Crippen molar-refractivity contribution < 1.29 is 55.8 Å². The molecule has 0 spiro atoms. The summed E-state index contributed by atoms with van der Waals surface area (Å²) in [6.45, 7) is 24.1. The van der Waals surface area contributed by atoms with Crippen LogP contribution >= 0.6 is 0 Å². The topological polar surface area (TPSA) is 108 Å². The second kappa shape index (κ2) is 76.3. The van der Waals surface area contributed by atoms with Gasteiger partial charge in [0.25, 0.3) is 34.9 Å². The molecule has 0 N–H and O–H groups in total. The first-order valence-electron chi connectivity index (χ1n) is 63.0. The summed E-state index contributed by atoms with van der Waals surface area (Å²) in [6, 6.07) is 14.2. The van der Waals surface area contributed by atoms with Gasteiger partial charge in [0.2, 0.25) is 0 Å². The Bertz CT molecular complexity index is 4330. The molecule has 18 nitrogen and oxygen atoms in total. The summed E-state index contributed by atoms with van der Waals surface area (Å²) in [5.74, 6) is 13.1. The molecule has 0 aliphatic carbocycles. The Hall–Kier alpha value is -8.28. The number of hydrogen-bond acceptors (Lipinski definition) is 6. The molecule has 0 amide bonds. The summed E-state index contributed by atoms with van der Waals surface area (Å²) >= 11 is 0. The lowest BCUT2D eigenvalue weighted by molar-refractivity contribution is -0.677. The van der Waals surface area contributed by atoms with Crippen molar-refractivity contribution in [1.82, 2.24) is 27.4 Å². The van der Waals surface area contributed by atoms with Gasteiger partial charge in [-0.2, -0.15) is 0 Å². The number of hydrogen-bond donors (Lipinski definition) is 0.